The molecule has 16 heteroatoms. The predicted molar refractivity (Wildman–Crippen MR) is 181 cm³/mol. The Balaban J connectivity index is 1.23. The smallest absolute Gasteiger partial charge is 0.318 e. The number of nitrogens with zero attached hydrogens (tertiary/aromatic N) is 6. The van der Waals surface area contributed by atoms with Gasteiger partial charge in [0.1, 0.15) is 17.6 Å². The number of urea groups is 1. The van der Waals surface area contributed by atoms with Crippen LogP contribution in [0.1, 0.15) is 23.6 Å². The SMILES string of the molecule is CCOc1ncccc1[C@@]1(NC(=O)N2CC3(CN(CCN4CCOCC4)C3)C2)C(=O)N(S(=O)(=O)c2ccc(OC)cc2)c2cc(F)c(C#N)cc21. The standard InChI is InChI=1S/C35H38FN7O7S/c1-3-50-31-27(5-4-10-38-31)35(39-33(45)42-22-34(23-42)20-41(21-34)12-11-40-13-15-49-16-14-40)28-17-24(19-37)29(36)18-30(28)43(32(35)44)51(46,47)26-8-6-25(48-2)7-9-26/h4-10,17-18H,3,11-16,20-23H2,1-2H3,(H,39,45)/t35-/m0/s1. The normalized spacial score (nSPS) is 21.4. The summed E-state index contributed by atoms with van der Waals surface area (Å²) in [5, 5.41) is 12.7. The lowest BCUT2D eigenvalue weighted by Crippen LogP contribution is -2.74. The number of amides is 3. The maximum atomic E-state index is 15.4. The molecular formula is C35H38FN7O7S. The van der Waals surface area contributed by atoms with Gasteiger partial charge >= 0.3 is 6.03 Å². The maximum absolute atomic E-state index is 15.4. The highest BCUT2D eigenvalue weighted by atomic mass is 32.2. The molecule has 0 aliphatic carbocycles. The number of rotatable bonds is 10. The number of pyridine rings is 1. The highest BCUT2D eigenvalue weighted by Gasteiger charge is 2.61. The summed E-state index contributed by atoms with van der Waals surface area (Å²) in [4.78, 5) is 39.5. The number of methoxy groups -OCH3 is 1. The fraction of sp³-hybridized carbons (Fsp3) is 0.429. The van der Waals surface area contributed by atoms with E-state index in [1.807, 2.05) is 0 Å². The highest BCUT2D eigenvalue weighted by Crippen LogP contribution is 2.50. The number of anilines is 1. The Kier molecular flexibility index (Phi) is 9.08. The van der Waals surface area contributed by atoms with Crippen molar-refractivity contribution < 1.29 is 36.6 Å². The number of benzene rings is 2. The first kappa shape index (κ1) is 34.6. The molecule has 2 aromatic carbocycles. The van der Waals surface area contributed by atoms with Crippen molar-refractivity contribution in [3.63, 3.8) is 0 Å². The average Bonchev–Trinajstić information content (AvgIpc) is 3.34. The number of likely N-dealkylation sites (tertiary alicyclic amines) is 2. The molecule has 0 saturated carbocycles. The van der Waals surface area contributed by atoms with Crippen molar-refractivity contribution in [1.82, 2.24) is 25.0 Å². The van der Waals surface area contributed by atoms with Gasteiger partial charge in [-0.3, -0.25) is 9.69 Å². The van der Waals surface area contributed by atoms with E-state index in [0.29, 0.717) is 23.1 Å². The van der Waals surface area contributed by atoms with E-state index in [-0.39, 0.29) is 39.6 Å². The molecule has 1 N–H and O–H groups in total. The third-order valence-corrected chi connectivity index (χ3v) is 11.7. The van der Waals surface area contributed by atoms with Gasteiger partial charge < -0.3 is 29.3 Å². The summed E-state index contributed by atoms with van der Waals surface area (Å²) in [6.07, 6.45) is 1.43. The minimum absolute atomic E-state index is 0.0301. The van der Waals surface area contributed by atoms with Gasteiger partial charge in [0, 0.05) is 75.6 Å². The molecule has 0 bridgehead atoms. The third-order valence-electron chi connectivity index (χ3n) is 9.98. The van der Waals surface area contributed by atoms with Crippen LogP contribution in [0.15, 0.2) is 59.6 Å². The molecular weight excluding hydrogens is 681 g/mol. The van der Waals surface area contributed by atoms with Crippen LogP contribution in [0.2, 0.25) is 0 Å². The van der Waals surface area contributed by atoms with Crippen LogP contribution < -0.4 is 19.1 Å². The lowest BCUT2D eigenvalue weighted by atomic mass is 9.73. The van der Waals surface area contributed by atoms with E-state index in [1.165, 1.54) is 49.7 Å². The number of aromatic nitrogens is 1. The minimum atomic E-state index is -4.71. The molecule has 3 amide bonds. The van der Waals surface area contributed by atoms with Crippen LogP contribution in [0.25, 0.3) is 0 Å². The van der Waals surface area contributed by atoms with Crippen LogP contribution in [0, 0.1) is 22.6 Å². The Morgan fingerprint density at radius 3 is 2.43 bits per heavy atom. The van der Waals surface area contributed by atoms with Gasteiger partial charge in [-0.05, 0) is 49.4 Å². The Hall–Kier alpha value is -4.82. The van der Waals surface area contributed by atoms with Crippen LogP contribution in [0.4, 0.5) is 14.9 Å². The number of nitrogens with one attached hydrogen (secondary N) is 1. The molecule has 268 valence electrons. The van der Waals surface area contributed by atoms with E-state index < -0.39 is 38.9 Å². The quantitative estimate of drug-likeness (QED) is 0.328. The first-order valence-corrected chi connectivity index (χ1v) is 18.1. The molecule has 1 atom stereocenters. The largest absolute Gasteiger partial charge is 0.497 e. The van der Waals surface area contributed by atoms with Gasteiger partial charge in [0.15, 0.2) is 5.54 Å². The predicted octanol–water partition coefficient (Wildman–Crippen LogP) is 2.14. The topological polar surface area (TPSA) is 158 Å². The van der Waals surface area contributed by atoms with Crippen molar-refractivity contribution in [1.29, 1.82) is 5.26 Å². The van der Waals surface area contributed by atoms with Crippen LogP contribution in [-0.2, 0) is 25.1 Å². The van der Waals surface area contributed by atoms with Crippen LogP contribution in [-0.4, -0.2) is 119 Å². The zero-order valence-corrected chi connectivity index (χ0v) is 29.1. The highest BCUT2D eigenvalue weighted by molar-refractivity contribution is 7.93. The average molecular weight is 720 g/mol. The van der Waals surface area contributed by atoms with Crippen molar-refractivity contribution in [2.75, 3.05) is 83.6 Å². The summed E-state index contributed by atoms with van der Waals surface area (Å²) in [6, 6.07) is 11.4. The summed E-state index contributed by atoms with van der Waals surface area (Å²) in [5.74, 6) is -1.81. The van der Waals surface area contributed by atoms with Gasteiger partial charge in [0.2, 0.25) is 5.88 Å². The van der Waals surface area contributed by atoms with E-state index in [0.717, 1.165) is 64.6 Å². The Morgan fingerprint density at radius 1 is 1.06 bits per heavy atom. The zero-order valence-electron chi connectivity index (χ0n) is 28.3. The Morgan fingerprint density at radius 2 is 1.76 bits per heavy atom. The molecule has 3 fully saturated rings. The number of sulfonamides is 1. The fourth-order valence-corrected chi connectivity index (χ4v) is 8.93. The molecule has 0 unspecified atom stereocenters. The molecule has 1 aromatic heterocycles. The van der Waals surface area contributed by atoms with E-state index >= 15 is 4.39 Å². The number of carbonyl (C=O) groups is 2. The number of hydrogen-bond donors (Lipinski definition) is 1. The van der Waals surface area contributed by atoms with Crippen LogP contribution >= 0.6 is 0 Å². The van der Waals surface area contributed by atoms with Crippen molar-refractivity contribution in [2.24, 2.45) is 5.41 Å². The lowest BCUT2D eigenvalue weighted by Gasteiger charge is -2.60. The molecule has 51 heavy (non-hydrogen) atoms. The first-order valence-electron chi connectivity index (χ1n) is 16.7. The minimum Gasteiger partial charge on any atom is -0.497 e. The van der Waals surface area contributed by atoms with E-state index in [9.17, 15) is 23.3 Å². The summed E-state index contributed by atoms with van der Waals surface area (Å²) in [5.41, 5.74) is -3.23. The molecule has 4 aliphatic heterocycles. The molecule has 14 nitrogen and oxygen atoms in total. The fourth-order valence-electron chi connectivity index (χ4n) is 7.48. The number of fused-ring (bicyclic) bond motifs is 1. The van der Waals surface area contributed by atoms with Crippen LogP contribution in [0.3, 0.4) is 0 Å². The van der Waals surface area contributed by atoms with Gasteiger partial charge in [-0.15, -0.1) is 0 Å². The molecule has 3 saturated heterocycles. The molecule has 7 rings (SSSR count). The van der Waals surface area contributed by atoms with E-state index in [2.05, 4.69) is 20.1 Å². The second kappa shape index (κ2) is 13.4. The maximum Gasteiger partial charge on any atom is 0.318 e. The molecule has 3 aromatic rings. The van der Waals surface area contributed by atoms with E-state index in [1.54, 1.807) is 17.9 Å². The summed E-state index contributed by atoms with van der Waals surface area (Å²) >= 11 is 0. The number of ether oxygens (including phenoxy) is 3. The van der Waals surface area contributed by atoms with Gasteiger partial charge in [0.25, 0.3) is 15.9 Å². The molecule has 1 spiro atoms. The van der Waals surface area contributed by atoms with Gasteiger partial charge in [0.05, 0.1) is 48.6 Å². The van der Waals surface area contributed by atoms with Crippen LogP contribution in [0.5, 0.6) is 11.6 Å². The monoisotopic (exact) mass is 719 g/mol. The number of halogens is 1. The van der Waals surface area contributed by atoms with Crippen molar-refractivity contribution >= 4 is 27.6 Å². The van der Waals surface area contributed by atoms with Crippen molar-refractivity contribution in [2.45, 2.75) is 17.4 Å². The number of hydrogen-bond acceptors (Lipinski definition) is 11. The number of nitriles is 1. The number of morpholine rings is 1. The zero-order chi connectivity index (χ0) is 36.0. The van der Waals surface area contributed by atoms with Gasteiger partial charge in [-0.2, -0.15) is 9.57 Å². The summed E-state index contributed by atoms with van der Waals surface area (Å²) in [7, 11) is -3.29. The van der Waals surface area contributed by atoms with Crippen molar-refractivity contribution in [3.8, 4) is 17.7 Å². The van der Waals surface area contributed by atoms with Gasteiger partial charge in [-0.1, -0.05) is 0 Å². The summed E-state index contributed by atoms with van der Waals surface area (Å²) in [6.45, 7) is 9.52. The second-order valence-electron chi connectivity index (χ2n) is 13.2. The lowest BCUT2D eigenvalue weighted by molar-refractivity contribution is -0.122. The third kappa shape index (κ3) is 5.93. The molecule has 0 radical (unpaired) electrons. The Labute approximate surface area is 295 Å². The first-order chi connectivity index (χ1) is 24.5. The van der Waals surface area contributed by atoms with Gasteiger partial charge in [-0.25, -0.2) is 22.6 Å². The second-order valence-corrected chi connectivity index (χ2v) is 15.0. The van der Waals surface area contributed by atoms with E-state index in [4.69, 9.17) is 14.2 Å². The van der Waals surface area contributed by atoms with Crippen molar-refractivity contribution in [3.05, 3.63) is 77.2 Å². The molecule has 5 heterocycles. The molecule has 4 aliphatic rings. The summed E-state index contributed by atoms with van der Waals surface area (Å²) < 4.78 is 60.8. The number of carbonyl (C=O) groups excluding carboxylic acids is 2. The Bertz CT molecular complexity index is 1990.